The molecule has 0 fully saturated rings. The Kier molecular flexibility index (Phi) is 2.59. The molecule has 1 heterocycles. The average molecular weight is 241 g/mol. The summed E-state index contributed by atoms with van der Waals surface area (Å²) < 4.78 is 36.0. The van der Waals surface area contributed by atoms with Crippen LogP contribution in [0, 0.1) is 0 Å². The molecule has 1 aromatic carbocycles. The van der Waals surface area contributed by atoms with Crippen LogP contribution in [-0.4, -0.2) is 21.6 Å². The third-order valence-electron chi connectivity index (χ3n) is 1.96. The predicted octanol–water partition coefficient (Wildman–Crippen LogP) is 1.46. The molecular formula is C8H7N3O4S. The molecule has 84 valence electrons. The fourth-order valence-corrected chi connectivity index (χ4v) is 1.97. The van der Waals surface area contributed by atoms with Gasteiger partial charge in [0.15, 0.2) is 11.5 Å². The van der Waals surface area contributed by atoms with E-state index in [2.05, 4.69) is 9.43 Å². The molecule has 0 atom stereocenters. The third kappa shape index (κ3) is 1.88. The zero-order chi connectivity index (χ0) is 11.6. The van der Waals surface area contributed by atoms with E-state index in [1.807, 2.05) is 0 Å². The molecule has 0 aliphatic carbocycles. The SMILES string of the molecule is [N-]=[N+]=NS(=O)(=O)c1ccc2c(c1)OCCO2. The number of rotatable bonds is 2. The van der Waals surface area contributed by atoms with E-state index >= 15 is 0 Å². The Morgan fingerprint density at radius 2 is 1.94 bits per heavy atom. The van der Waals surface area contributed by atoms with E-state index in [-0.39, 0.29) is 4.90 Å². The van der Waals surface area contributed by atoms with Crippen LogP contribution in [0.2, 0.25) is 0 Å². The van der Waals surface area contributed by atoms with E-state index < -0.39 is 10.0 Å². The number of benzene rings is 1. The molecule has 7 nitrogen and oxygen atoms in total. The van der Waals surface area contributed by atoms with Crippen LogP contribution in [0.15, 0.2) is 27.6 Å². The molecule has 1 aliphatic rings. The van der Waals surface area contributed by atoms with Crippen LogP contribution in [0.5, 0.6) is 11.5 Å². The van der Waals surface area contributed by atoms with Crippen molar-refractivity contribution in [1.82, 2.24) is 0 Å². The zero-order valence-electron chi connectivity index (χ0n) is 8.03. The summed E-state index contributed by atoms with van der Waals surface area (Å²) in [7, 11) is -3.97. The lowest BCUT2D eigenvalue weighted by molar-refractivity contribution is 0.171. The maximum atomic E-state index is 11.4. The monoisotopic (exact) mass is 241 g/mol. The Labute approximate surface area is 91.3 Å². The fraction of sp³-hybridized carbons (Fsp3) is 0.250. The Hall–Kier alpha value is -1.92. The van der Waals surface area contributed by atoms with Crippen molar-refractivity contribution in [1.29, 1.82) is 0 Å². The molecule has 16 heavy (non-hydrogen) atoms. The highest BCUT2D eigenvalue weighted by atomic mass is 32.2. The van der Waals surface area contributed by atoms with Crippen LogP contribution >= 0.6 is 0 Å². The minimum atomic E-state index is -3.97. The number of hydrogen-bond acceptors (Lipinski definition) is 4. The first-order valence-corrected chi connectivity index (χ1v) is 5.78. The van der Waals surface area contributed by atoms with Crippen molar-refractivity contribution in [3.8, 4) is 11.5 Å². The van der Waals surface area contributed by atoms with Gasteiger partial charge in [0.05, 0.1) is 4.90 Å². The summed E-state index contributed by atoms with van der Waals surface area (Å²) in [5.41, 5.74) is 8.12. The van der Waals surface area contributed by atoms with Crippen molar-refractivity contribution in [3.05, 3.63) is 28.6 Å². The smallest absolute Gasteiger partial charge is 0.264 e. The quantitative estimate of drug-likeness (QED) is 0.444. The van der Waals surface area contributed by atoms with Crippen LogP contribution in [0.1, 0.15) is 0 Å². The number of azide groups is 1. The van der Waals surface area contributed by atoms with Gasteiger partial charge in [-0.05, 0) is 17.7 Å². The molecule has 2 rings (SSSR count). The number of fused-ring (bicyclic) bond motifs is 1. The van der Waals surface area contributed by atoms with Gasteiger partial charge in [0, 0.05) is 15.5 Å². The van der Waals surface area contributed by atoms with Crippen molar-refractivity contribution >= 4 is 10.0 Å². The van der Waals surface area contributed by atoms with E-state index in [0.29, 0.717) is 24.7 Å². The first-order chi connectivity index (χ1) is 7.63. The van der Waals surface area contributed by atoms with E-state index in [9.17, 15) is 8.42 Å². The number of ether oxygens (including phenoxy) is 2. The molecule has 0 aromatic heterocycles. The summed E-state index contributed by atoms with van der Waals surface area (Å²) in [6.45, 7) is 0.785. The normalized spacial score (nSPS) is 14.0. The second kappa shape index (κ2) is 3.92. The van der Waals surface area contributed by atoms with Crippen molar-refractivity contribution in [2.24, 2.45) is 4.52 Å². The molecule has 0 saturated carbocycles. The van der Waals surface area contributed by atoms with Gasteiger partial charge >= 0.3 is 0 Å². The minimum Gasteiger partial charge on any atom is -0.486 e. The highest BCUT2D eigenvalue weighted by Crippen LogP contribution is 2.32. The summed E-state index contributed by atoms with van der Waals surface area (Å²) in [5, 5.41) is 0. The van der Waals surface area contributed by atoms with Gasteiger partial charge in [-0.2, -0.15) is 0 Å². The molecule has 0 spiro atoms. The maximum absolute atomic E-state index is 11.4. The van der Waals surface area contributed by atoms with E-state index in [0.717, 1.165) is 0 Å². The van der Waals surface area contributed by atoms with Crippen LogP contribution in [0.3, 0.4) is 0 Å². The lowest BCUT2D eigenvalue weighted by atomic mass is 10.3. The largest absolute Gasteiger partial charge is 0.486 e. The molecule has 0 bridgehead atoms. The van der Waals surface area contributed by atoms with Gasteiger partial charge in [-0.15, -0.1) is 0 Å². The Bertz CT molecular complexity index is 563. The topological polar surface area (TPSA) is 101 Å². The Balaban J connectivity index is 2.49. The number of nitrogens with zero attached hydrogens (tertiary/aromatic N) is 3. The molecule has 1 aliphatic heterocycles. The number of hydrogen-bond donors (Lipinski definition) is 0. The van der Waals surface area contributed by atoms with E-state index in [1.165, 1.54) is 18.2 Å². The lowest BCUT2D eigenvalue weighted by Crippen LogP contribution is -2.15. The van der Waals surface area contributed by atoms with E-state index in [4.69, 9.17) is 15.0 Å². The molecule has 1 aromatic rings. The molecular weight excluding hydrogens is 234 g/mol. The third-order valence-corrected chi connectivity index (χ3v) is 3.09. The summed E-state index contributed by atoms with van der Waals surface area (Å²) in [6, 6.07) is 4.05. The average Bonchev–Trinajstić information content (AvgIpc) is 2.28. The number of sulfonamides is 1. The van der Waals surface area contributed by atoms with Gasteiger partial charge in [0.1, 0.15) is 13.2 Å². The molecule has 0 saturated heterocycles. The van der Waals surface area contributed by atoms with Gasteiger partial charge in [0.2, 0.25) is 0 Å². The van der Waals surface area contributed by atoms with Crippen molar-refractivity contribution in [3.63, 3.8) is 0 Å². The van der Waals surface area contributed by atoms with Gasteiger partial charge < -0.3 is 9.47 Å². The fourth-order valence-electron chi connectivity index (χ4n) is 1.28. The minimum absolute atomic E-state index is 0.116. The summed E-state index contributed by atoms with van der Waals surface area (Å²) in [4.78, 5) is 2.14. The highest BCUT2D eigenvalue weighted by Gasteiger charge is 2.17. The van der Waals surface area contributed by atoms with Gasteiger partial charge in [0.25, 0.3) is 10.0 Å². The second-order valence-electron chi connectivity index (χ2n) is 2.95. The Morgan fingerprint density at radius 3 is 2.62 bits per heavy atom. The van der Waals surface area contributed by atoms with Gasteiger partial charge in [-0.25, -0.2) is 8.42 Å². The molecule has 0 unspecified atom stereocenters. The zero-order valence-corrected chi connectivity index (χ0v) is 8.85. The van der Waals surface area contributed by atoms with Crippen LogP contribution < -0.4 is 9.47 Å². The van der Waals surface area contributed by atoms with Crippen molar-refractivity contribution in [2.45, 2.75) is 4.90 Å². The highest BCUT2D eigenvalue weighted by molar-refractivity contribution is 7.90. The first-order valence-electron chi connectivity index (χ1n) is 4.34. The predicted molar refractivity (Wildman–Crippen MR) is 53.8 cm³/mol. The van der Waals surface area contributed by atoms with Crippen molar-refractivity contribution < 1.29 is 17.9 Å². The second-order valence-corrected chi connectivity index (χ2v) is 4.54. The van der Waals surface area contributed by atoms with Gasteiger partial charge in [-0.3, -0.25) is 0 Å². The molecule has 0 radical (unpaired) electrons. The Morgan fingerprint density at radius 1 is 1.25 bits per heavy atom. The molecule has 0 amide bonds. The van der Waals surface area contributed by atoms with Crippen molar-refractivity contribution in [2.75, 3.05) is 13.2 Å². The van der Waals surface area contributed by atoms with Crippen LogP contribution in [0.25, 0.3) is 10.4 Å². The lowest BCUT2D eigenvalue weighted by Gasteiger charge is -2.18. The molecule has 0 N–H and O–H groups in total. The van der Waals surface area contributed by atoms with E-state index in [1.54, 1.807) is 0 Å². The summed E-state index contributed by atoms with van der Waals surface area (Å²) in [5.74, 6) is 0.812. The maximum Gasteiger partial charge on any atom is 0.264 e. The first kappa shape index (κ1) is 10.6. The summed E-state index contributed by atoms with van der Waals surface area (Å²) in [6.07, 6.45) is 0. The molecule has 8 heteroatoms. The standard InChI is InChI=1S/C8H7N3O4S/c9-10-11-16(12,13)6-1-2-7-8(5-6)15-4-3-14-7/h1-2,5H,3-4H2. The van der Waals surface area contributed by atoms with Crippen LogP contribution in [0.4, 0.5) is 0 Å². The van der Waals surface area contributed by atoms with Gasteiger partial charge in [-0.1, -0.05) is 0 Å². The van der Waals surface area contributed by atoms with Crippen LogP contribution in [-0.2, 0) is 10.0 Å². The summed E-state index contributed by atoms with van der Waals surface area (Å²) >= 11 is 0.